The van der Waals surface area contributed by atoms with Crippen LogP contribution in [0.4, 0.5) is 5.13 Å². The van der Waals surface area contributed by atoms with Crippen molar-refractivity contribution < 1.29 is 9.90 Å². The molecule has 0 aliphatic carbocycles. The summed E-state index contributed by atoms with van der Waals surface area (Å²) in [6.45, 7) is 3.22. The monoisotopic (exact) mass is 213 g/mol. The van der Waals surface area contributed by atoms with Crippen LogP contribution in [0.15, 0.2) is 0 Å². The topological polar surface area (TPSA) is 66.3 Å². The van der Waals surface area contributed by atoms with E-state index < -0.39 is 5.97 Å². The van der Waals surface area contributed by atoms with Crippen molar-refractivity contribution in [3.63, 3.8) is 0 Å². The molecular formula is C8H11N3O2S. The summed E-state index contributed by atoms with van der Waals surface area (Å²) in [7, 11) is 0. The lowest BCUT2D eigenvalue weighted by atomic mass is 10.1. The summed E-state index contributed by atoms with van der Waals surface area (Å²) in [5.74, 6) is -0.965. The zero-order valence-electron chi connectivity index (χ0n) is 7.80. The van der Waals surface area contributed by atoms with Crippen molar-refractivity contribution in [1.82, 2.24) is 10.2 Å². The van der Waals surface area contributed by atoms with Gasteiger partial charge < -0.3 is 10.0 Å². The van der Waals surface area contributed by atoms with Crippen LogP contribution in [0.2, 0.25) is 0 Å². The molecule has 5 nitrogen and oxygen atoms in total. The number of carboxylic acids is 1. The van der Waals surface area contributed by atoms with Crippen molar-refractivity contribution in [2.75, 3.05) is 18.0 Å². The van der Waals surface area contributed by atoms with Gasteiger partial charge in [0.25, 0.3) is 0 Å². The van der Waals surface area contributed by atoms with Gasteiger partial charge in [0.2, 0.25) is 5.13 Å². The van der Waals surface area contributed by atoms with Crippen LogP contribution in [0.1, 0.15) is 11.4 Å². The maximum absolute atomic E-state index is 10.7. The number of rotatable bonds is 2. The molecule has 1 aromatic rings. The molecule has 1 aliphatic heterocycles. The number of hydrogen-bond donors (Lipinski definition) is 1. The maximum atomic E-state index is 10.7. The summed E-state index contributed by atoms with van der Waals surface area (Å²) in [5, 5.41) is 18.5. The smallest absolute Gasteiger partial charge is 0.308 e. The van der Waals surface area contributed by atoms with Crippen molar-refractivity contribution in [2.24, 2.45) is 5.92 Å². The highest BCUT2D eigenvalue weighted by Gasteiger charge is 2.29. The SMILES string of the molecule is Cc1nnc(N2CCC(C(=O)O)C2)s1. The minimum absolute atomic E-state index is 0.251. The van der Waals surface area contributed by atoms with E-state index in [1.54, 1.807) is 0 Å². The van der Waals surface area contributed by atoms with Gasteiger partial charge in [0, 0.05) is 13.1 Å². The highest BCUT2D eigenvalue weighted by atomic mass is 32.1. The third kappa shape index (κ3) is 1.70. The summed E-state index contributed by atoms with van der Waals surface area (Å²) in [6.07, 6.45) is 0.702. The van der Waals surface area contributed by atoms with Crippen molar-refractivity contribution in [3.05, 3.63) is 5.01 Å². The summed E-state index contributed by atoms with van der Waals surface area (Å²) in [4.78, 5) is 12.7. The van der Waals surface area contributed by atoms with Crippen LogP contribution in [-0.2, 0) is 4.79 Å². The molecule has 76 valence electrons. The molecule has 0 spiro atoms. The molecule has 0 amide bonds. The first-order valence-electron chi connectivity index (χ1n) is 4.44. The highest BCUT2D eigenvalue weighted by molar-refractivity contribution is 7.15. The minimum Gasteiger partial charge on any atom is -0.481 e. The second-order valence-corrected chi connectivity index (χ2v) is 4.53. The molecule has 1 unspecified atom stereocenters. The van der Waals surface area contributed by atoms with Gasteiger partial charge in [-0.3, -0.25) is 4.79 Å². The van der Waals surface area contributed by atoms with Crippen LogP contribution < -0.4 is 4.90 Å². The Morgan fingerprint density at radius 3 is 2.93 bits per heavy atom. The van der Waals surface area contributed by atoms with Crippen LogP contribution in [0.3, 0.4) is 0 Å². The van der Waals surface area contributed by atoms with Crippen molar-refractivity contribution in [2.45, 2.75) is 13.3 Å². The van der Waals surface area contributed by atoms with Gasteiger partial charge in [0.05, 0.1) is 5.92 Å². The second-order valence-electron chi connectivity index (χ2n) is 3.37. The first-order valence-corrected chi connectivity index (χ1v) is 5.26. The quantitative estimate of drug-likeness (QED) is 0.785. The number of carbonyl (C=O) groups is 1. The number of aliphatic carboxylic acids is 1. The van der Waals surface area contributed by atoms with E-state index in [-0.39, 0.29) is 5.92 Å². The normalized spacial score (nSPS) is 21.5. The van der Waals surface area contributed by atoms with Crippen molar-refractivity contribution in [3.8, 4) is 0 Å². The molecular weight excluding hydrogens is 202 g/mol. The summed E-state index contributed by atoms with van der Waals surface area (Å²) >= 11 is 1.51. The fraction of sp³-hybridized carbons (Fsp3) is 0.625. The van der Waals surface area contributed by atoms with Crippen molar-refractivity contribution in [1.29, 1.82) is 0 Å². The van der Waals surface area contributed by atoms with E-state index >= 15 is 0 Å². The molecule has 14 heavy (non-hydrogen) atoms. The maximum Gasteiger partial charge on any atom is 0.308 e. The fourth-order valence-electron chi connectivity index (χ4n) is 1.55. The highest BCUT2D eigenvalue weighted by Crippen LogP contribution is 2.26. The molecule has 0 radical (unpaired) electrons. The van der Waals surface area contributed by atoms with Gasteiger partial charge in [0.15, 0.2) is 0 Å². The first kappa shape index (κ1) is 9.39. The molecule has 2 heterocycles. The molecule has 0 bridgehead atoms. The Labute approximate surface area is 85.4 Å². The largest absolute Gasteiger partial charge is 0.481 e. The Morgan fingerprint density at radius 2 is 2.43 bits per heavy atom. The average molecular weight is 213 g/mol. The summed E-state index contributed by atoms with van der Waals surface area (Å²) < 4.78 is 0. The van der Waals surface area contributed by atoms with Gasteiger partial charge in [0.1, 0.15) is 5.01 Å². The number of aromatic nitrogens is 2. The molecule has 1 fully saturated rings. The summed E-state index contributed by atoms with van der Waals surface area (Å²) in [6, 6.07) is 0. The lowest BCUT2D eigenvalue weighted by molar-refractivity contribution is -0.140. The van der Waals surface area contributed by atoms with Crippen LogP contribution in [0, 0.1) is 12.8 Å². The van der Waals surface area contributed by atoms with Gasteiger partial charge in [-0.1, -0.05) is 11.3 Å². The van der Waals surface area contributed by atoms with E-state index in [1.807, 2.05) is 11.8 Å². The molecule has 6 heteroatoms. The van der Waals surface area contributed by atoms with Gasteiger partial charge in [-0.05, 0) is 13.3 Å². The third-order valence-electron chi connectivity index (χ3n) is 2.32. The fourth-order valence-corrected chi connectivity index (χ4v) is 2.27. The van der Waals surface area contributed by atoms with Crippen LogP contribution in [-0.4, -0.2) is 34.4 Å². The van der Waals surface area contributed by atoms with Crippen LogP contribution >= 0.6 is 11.3 Å². The van der Waals surface area contributed by atoms with E-state index in [0.717, 1.165) is 16.7 Å². The number of anilines is 1. The zero-order valence-corrected chi connectivity index (χ0v) is 8.62. The van der Waals surface area contributed by atoms with Crippen LogP contribution in [0.25, 0.3) is 0 Å². The molecule has 0 aromatic carbocycles. The Hall–Kier alpha value is -1.17. The van der Waals surface area contributed by atoms with Crippen molar-refractivity contribution >= 4 is 22.4 Å². The zero-order chi connectivity index (χ0) is 10.1. The molecule has 1 N–H and O–H groups in total. The molecule has 1 aliphatic rings. The minimum atomic E-state index is -0.714. The van der Waals surface area contributed by atoms with Gasteiger partial charge >= 0.3 is 5.97 Å². The number of carboxylic acid groups (broad SMARTS) is 1. The van der Waals surface area contributed by atoms with E-state index in [0.29, 0.717) is 13.0 Å². The van der Waals surface area contributed by atoms with Crippen LogP contribution in [0.5, 0.6) is 0 Å². The predicted octanol–water partition coefficient (Wildman–Crippen LogP) is 0.757. The Kier molecular flexibility index (Phi) is 2.37. The third-order valence-corrected chi connectivity index (χ3v) is 3.22. The Bertz CT molecular complexity index is 352. The Morgan fingerprint density at radius 1 is 1.64 bits per heavy atom. The standard InChI is InChI=1S/C8H11N3O2S/c1-5-9-10-8(14-5)11-3-2-6(4-11)7(12)13/h6H,2-4H2,1H3,(H,12,13). The Balaban J connectivity index is 2.05. The molecule has 2 rings (SSSR count). The van der Waals surface area contributed by atoms with E-state index in [4.69, 9.17) is 5.11 Å². The number of nitrogens with zero attached hydrogens (tertiary/aromatic N) is 3. The molecule has 0 saturated carbocycles. The van der Waals surface area contributed by atoms with E-state index in [1.165, 1.54) is 11.3 Å². The predicted molar refractivity (Wildman–Crippen MR) is 52.6 cm³/mol. The van der Waals surface area contributed by atoms with E-state index in [2.05, 4.69) is 10.2 Å². The lowest BCUT2D eigenvalue weighted by Crippen LogP contribution is -2.22. The van der Waals surface area contributed by atoms with Gasteiger partial charge in [-0.15, -0.1) is 10.2 Å². The first-order chi connectivity index (χ1) is 6.66. The number of hydrogen-bond acceptors (Lipinski definition) is 5. The van der Waals surface area contributed by atoms with E-state index in [9.17, 15) is 4.79 Å². The lowest BCUT2D eigenvalue weighted by Gasteiger charge is -2.12. The molecule has 1 atom stereocenters. The second kappa shape index (κ2) is 3.53. The number of aryl methyl sites for hydroxylation is 1. The summed E-state index contributed by atoms with van der Waals surface area (Å²) in [5.41, 5.74) is 0. The average Bonchev–Trinajstić information content (AvgIpc) is 2.70. The van der Waals surface area contributed by atoms with Gasteiger partial charge in [-0.25, -0.2) is 0 Å². The van der Waals surface area contributed by atoms with Gasteiger partial charge in [-0.2, -0.15) is 0 Å². The molecule has 1 saturated heterocycles. The molecule has 1 aromatic heterocycles.